The minimum Gasteiger partial charge on any atom is -0.351 e. The van der Waals surface area contributed by atoms with Gasteiger partial charge >= 0.3 is 0 Å². The van der Waals surface area contributed by atoms with E-state index in [1.54, 1.807) is 4.68 Å². The second-order valence-electron chi connectivity index (χ2n) is 5.75. The van der Waals surface area contributed by atoms with E-state index in [-0.39, 0.29) is 5.91 Å². The molecule has 1 aliphatic heterocycles. The van der Waals surface area contributed by atoms with Gasteiger partial charge in [0.2, 0.25) is 0 Å². The molecular weight excluding hydrogens is 264 g/mol. The molecule has 3 rings (SSSR count). The summed E-state index contributed by atoms with van der Waals surface area (Å²) in [5.41, 5.74) is 1.51. The molecular formula is C16H22N4O. The molecule has 0 radical (unpaired) electrons. The molecule has 5 nitrogen and oxygen atoms in total. The van der Waals surface area contributed by atoms with Gasteiger partial charge in [-0.15, -0.1) is 0 Å². The number of nitrogens with zero attached hydrogens (tertiary/aromatic N) is 2. The van der Waals surface area contributed by atoms with Crippen LogP contribution in [0.3, 0.4) is 0 Å². The molecule has 112 valence electrons. The van der Waals surface area contributed by atoms with Crippen LogP contribution in [0.5, 0.6) is 0 Å². The van der Waals surface area contributed by atoms with Crippen molar-refractivity contribution in [2.45, 2.75) is 19.3 Å². The van der Waals surface area contributed by atoms with E-state index >= 15 is 0 Å². The molecule has 1 atom stereocenters. The summed E-state index contributed by atoms with van der Waals surface area (Å²) in [6, 6.07) is 7.82. The topological polar surface area (TPSA) is 59.0 Å². The lowest BCUT2D eigenvalue weighted by atomic mass is 9.96. The molecule has 0 bridgehead atoms. The zero-order chi connectivity index (χ0) is 14.7. The summed E-state index contributed by atoms with van der Waals surface area (Å²) < 4.78 is 1.76. The van der Waals surface area contributed by atoms with E-state index in [4.69, 9.17) is 0 Å². The van der Waals surface area contributed by atoms with Crippen molar-refractivity contribution >= 4 is 16.8 Å². The minimum absolute atomic E-state index is 0.0735. The van der Waals surface area contributed by atoms with Crippen LogP contribution >= 0.6 is 0 Å². The van der Waals surface area contributed by atoms with Gasteiger partial charge in [0.1, 0.15) is 0 Å². The number of carbonyl (C=O) groups excluding carboxylic acids is 1. The Morgan fingerprint density at radius 1 is 1.48 bits per heavy atom. The molecule has 0 aliphatic carbocycles. The van der Waals surface area contributed by atoms with Crippen molar-refractivity contribution in [2.24, 2.45) is 13.0 Å². The molecule has 1 aromatic carbocycles. The van der Waals surface area contributed by atoms with Crippen LogP contribution in [0.15, 0.2) is 24.3 Å². The number of para-hydroxylation sites is 1. The molecule has 5 heteroatoms. The Morgan fingerprint density at radius 3 is 3.14 bits per heavy atom. The van der Waals surface area contributed by atoms with Crippen molar-refractivity contribution in [3.8, 4) is 0 Å². The quantitative estimate of drug-likeness (QED) is 0.899. The maximum atomic E-state index is 12.3. The molecule has 1 saturated heterocycles. The van der Waals surface area contributed by atoms with E-state index in [2.05, 4.69) is 15.7 Å². The van der Waals surface area contributed by atoms with Crippen LogP contribution in [0.4, 0.5) is 0 Å². The van der Waals surface area contributed by atoms with E-state index in [1.165, 1.54) is 12.8 Å². The zero-order valence-corrected chi connectivity index (χ0v) is 12.4. The number of rotatable bonds is 4. The van der Waals surface area contributed by atoms with Gasteiger partial charge in [-0.3, -0.25) is 9.48 Å². The third-order valence-electron chi connectivity index (χ3n) is 4.21. The van der Waals surface area contributed by atoms with Crippen LogP contribution in [-0.4, -0.2) is 35.3 Å². The van der Waals surface area contributed by atoms with Gasteiger partial charge in [-0.05, 0) is 44.3 Å². The number of fused-ring (bicyclic) bond motifs is 1. The molecule has 0 spiro atoms. The second kappa shape index (κ2) is 6.26. The zero-order valence-electron chi connectivity index (χ0n) is 12.4. The van der Waals surface area contributed by atoms with Crippen LogP contribution in [-0.2, 0) is 7.05 Å². The maximum Gasteiger partial charge on any atom is 0.272 e. The highest BCUT2D eigenvalue weighted by Gasteiger charge is 2.17. The Bertz CT molecular complexity index is 628. The Balaban J connectivity index is 1.61. The fourth-order valence-corrected chi connectivity index (χ4v) is 3.03. The largest absolute Gasteiger partial charge is 0.351 e. The Labute approximate surface area is 124 Å². The van der Waals surface area contributed by atoms with Crippen LogP contribution in [0.25, 0.3) is 10.9 Å². The van der Waals surface area contributed by atoms with E-state index in [1.807, 2.05) is 31.3 Å². The Kier molecular flexibility index (Phi) is 4.20. The third kappa shape index (κ3) is 3.08. The lowest BCUT2D eigenvalue weighted by Gasteiger charge is -2.22. The first-order valence-electron chi connectivity index (χ1n) is 7.66. The minimum atomic E-state index is -0.0735. The van der Waals surface area contributed by atoms with Gasteiger partial charge in [-0.25, -0.2) is 0 Å². The molecule has 2 heterocycles. The Hall–Kier alpha value is -1.88. The van der Waals surface area contributed by atoms with Gasteiger partial charge in [-0.2, -0.15) is 5.10 Å². The fourth-order valence-electron chi connectivity index (χ4n) is 3.03. The van der Waals surface area contributed by atoms with Gasteiger partial charge in [-0.1, -0.05) is 18.2 Å². The monoisotopic (exact) mass is 286 g/mol. The molecule has 2 aromatic rings. The second-order valence-corrected chi connectivity index (χ2v) is 5.75. The number of carbonyl (C=O) groups is 1. The first-order valence-corrected chi connectivity index (χ1v) is 7.66. The number of amides is 1. The molecule has 1 amide bonds. The number of hydrogen-bond acceptors (Lipinski definition) is 3. The summed E-state index contributed by atoms with van der Waals surface area (Å²) in [5, 5.41) is 11.7. The van der Waals surface area contributed by atoms with Crippen LogP contribution < -0.4 is 10.6 Å². The van der Waals surface area contributed by atoms with Gasteiger partial charge in [0.25, 0.3) is 5.91 Å². The highest BCUT2D eigenvalue weighted by atomic mass is 16.1. The first kappa shape index (κ1) is 14.1. The van der Waals surface area contributed by atoms with Crippen molar-refractivity contribution in [3.05, 3.63) is 30.0 Å². The summed E-state index contributed by atoms with van der Waals surface area (Å²) in [6.07, 6.45) is 3.53. The van der Waals surface area contributed by atoms with Gasteiger partial charge < -0.3 is 10.6 Å². The van der Waals surface area contributed by atoms with Gasteiger partial charge in [0.05, 0.1) is 5.52 Å². The number of piperidine rings is 1. The van der Waals surface area contributed by atoms with Crippen LogP contribution in [0.1, 0.15) is 29.8 Å². The SMILES string of the molecule is Cn1nc(C(=O)NCCC2CCCNC2)c2ccccc21. The van der Waals surface area contributed by atoms with Crippen LogP contribution in [0, 0.1) is 5.92 Å². The van der Waals surface area contributed by atoms with Crippen LogP contribution in [0.2, 0.25) is 0 Å². The predicted molar refractivity (Wildman–Crippen MR) is 83.3 cm³/mol. The summed E-state index contributed by atoms with van der Waals surface area (Å²) in [5.74, 6) is 0.607. The lowest BCUT2D eigenvalue weighted by Crippen LogP contribution is -2.33. The molecule has 1 unspecified atom stereocenters. The first-order chi connectivity index (χ1) is 10.3. The molecule has 0 saturated carbocycles. The summed E-state index contributed by atoms with van der Waals surface area (Å²) in [7, 11) is 1.87. The van der Waals surface area contributed by atoms with Crippen molar-refractivity contribution in [3.63, 3.8) is 0 Å². The van der Waals surface area contributed by atoms with E-state index in [9.17, 15) is 4.79 Å². The van der Waals surface area contributed by atoms with Crippen molar-refractivity contribution in [2.75, 3.05) is 19.6 Å². The molecule has 1 aliphatic rings. The molecule has 1 fully saturated rings. The summed E-state index contributed by atoms with van der Waals surface area (Å²) >= 11 is 0. The molecule has 2 N–H and O–H groups in total. The third-order valence-corrected chi connectivity index (χ3v) is 4.21. The average molecular weight is 286 g/mol. The highest BCUT2D eigenvalue weighted by molar-refractivity contribution is 6.04. The highest BCUT2D eigenvalue weighted by Crippen LogP contribution is 2.17. The van der Waals surface area contributed by atoms with Crippen molar-refractivity contribution in [1.82, 2.24) is 20.4 Å². The summed E-state index contributed by atoms with van der Waals surface area (Å²) in [6.45, 7) is 2.92. The summed E-state index contributed by atoms with van der Waals surface area (Å²) in [4.78, 5) is 12.3. The molecule has 21 heavy (non-hydrogen) atoms. The van der Waals surface area contributed by atoms with E-state index in [0.717, 1.165) is 37.0 Å². The maximum absolute atomic E-state index is 12.3. The standard InChI is InChI=1S/C16H22N4O/c1-20-14-7-3-2-6-13(14)15(19-20)16(21)18-10-8-12-5-4-9-17-11-12/h2-3,6-7,12,17H,4-5,8-11H2,1H3,(H,18,21). The fraction of sp³-hybridized carbons (Fsp3) is 0.500. The van der Waals surface area contributed by atoms with Crippen molar-refractivity contribution in [1.29, 1.82) is 0 Å². The predicted octanol–water partition coefficient (Wildman–Crippen LogP) is 1.69. The van der Waals surface area contributed by atoms with Crippen molar-refractivity contribution < 1.29 is 4.79 Å². The van der Waals surface area contributed by atoms with Gasteiger partial charge in [0.15, 0.2) is 5.69 Å². The smallest absolute Gasteiger partial charge is 0.272 e. The van der Waals surface area contributed by atoms with Gasteiger partial charge in [0, 0.05) is 19.0 Å². The molecule has 1 aromatic heterocycles. The Morgan fingerprint density at radius 2 is 2.33 bits per heavy atom. The van der Waals surface area contributed by atoms with E-state index < -0.39 is 0 Å². The number of aryl methyl sites for hydroxylation is 1. The average Bonchev–Trinajstić information content (AvgIpc) is 2.86. The number of benzene rings is 1. The lowest BCUT2D eigenvalue weighted by molar-refractivity contribution is 0.0946. The number of aromatic nitrogens is 2. The number of nitrogens with one attached hydrogen (secondary N) is 2. The normalized spacial score (nSPS) is 18.8. The van der Waals surface area contributed by atoms with E-state index in [0.29, 0.717) is 11.6 Å². The number of hydrogen-bond donors (Lipinski definition) is 2.